The molecule has 0 aliphatic heterocycles. The van der Waals surface area contributed by atoms with Gasteiger partial charge in [-0.3, -0.25) is 4.68 Å². The molecule has 0 fully saturated rings. The SMILES string of the molecule is O=C(NCCOc1ccccc1)NCc1ccccc1Cn1cccn1. The number of carbonyl (C=O) groups is 1. The summed E-state index contributed by atoms with van der Waals surface area (Å²) in [4.78, 5) is 12.0. The zero-order valence-electron chi connectivity index (χ0n) is 14.5. The first-order valence-electron chi connectivity index (χ1n) is 8.55. The number of nitrogens with one attached hydrogen (secondary N) is 2. The molecule has 0 saturated carbocycles. The second-order valence-corrected chi connectivity index (χ2v) is 5.74. The third-order valence-electron chi connectivity index (χ3n) is 3.85. The minimum absolute atomic E-state index is 0.212. The van der Waals surface area contributed by atoms with Crippen molar-refractivity contribution < 1.29 is 9.53 Å². The second kappa shape index (κ2) is 9.27. The molecule has 3 aromatic rings. The van der Waals surface area contributed by atoms with Crippen LogP contribution in [0.2, 0.25) is 0 Å². The van der Waals surface area contributed by atoms with Crippen LogP contribution in [0.4, 0.5) is 4.79 Å². The first-order chi connectivity index (χ1) is 12.8. The number of aromatic nitrogens is 2. The van der Waals surface area contributed by atoms with Gasteiger partial charge in [0, 0.05) is 18.9 Å². The number of amides is 2. The van der Waals surface area contributed by atoms with Crippen molar-refractivity contribution in [2.45, 2.75) is 13.1 Å². The first kappa shape index (κ1) is 17.5. The van der Waals surface area contributed by atoms with E-state index in [1.807, 2.05) is 71.5 Å². The van der Waals surface area contributed by atoms with Crippen molar-refractivity contribution in [3.8, 4) is 5.75 Å². The molecule has 0 bridgehead atoms. The minimum Gasteiger partial charge on any atom is -0.492 e. The smallest absolute Gasteiger partial charge is 0.315 e. The van der Waals surface area contributed by atoms with Crippen molar-refractivity contribution in [3.05, 3.63) is 84.2 Å². The summed E-state index contributed by atoms with van der Waals surface area (Å²) in [6.07, 6.45) is 3.68. The Labute approximate surface area is 152 Å². The molecule has 3 rings (SSSR count). The molecule has 26 heavy (non-hydrogen) atoms. The molecule has 0 aliphatic carbocycles. The predicted molar refractivity (Wildman–Crippen MR) is 99.9 cm³/mol. The van der Waals surface area contributed by atoms with E-state index >= 15 is 0 Å². The molecule has 134 valence electrons. The van der Waals surface area contributed by atoms with Crippen LogP contribution in [0.3, 0.4) is 0 Å². The van der Waals surface area contributed by atoms with Gasteiger partial charge in [-0.2, -0.15) is 5.10 Å². The summed E-state index contributed by atoms with van der Waals surface area (Å²) in [5.41, 5.74) is 2.20. The normalized spacial score (nSPS) is 10.3. The molecule has 6 heteroatoms. The van der Waals surface area contributed by atoms with Gasteiger partial charge in [-0.1, -0.05) is 42.5 Å². The third kappa shape index (κ3) is 5.37. The van der Waals surface area contributed by atoms with Gasteiger partial charge in [0.25, 0.3) is 0 Å². The molecule has 0 aliphatic rings. The van der Waals surface area contributed by atoms with Crippen LogP contribution >= 0.6 is 0 Å². The molecular formula is C20H22N4O2. The number of nitrogens with zero attached hydrogens (tertiary/aromatic N) is 2. The van der Waals surface area contributed by atoms with Gasteiger partial charge in [0.05, 0.1) is 13.1 Å². The average molecular weight is 350 g/mol. The number of hydrogen-bond acceptors (Lipinski definition) is 3. The maximum Gasteiger partial charge on any atom is 0.315 e. The Kier molecular flexibility index (Phi) is 6.25. The van der Waals surface area contributed by atoms with E-state index in [1.165, 1.54) is 0 Å². The van der Waals surface area contributed by atoms with Crippen molar-refractivity contribution >= 4 is 6.03 Å². The number of benzene rings is 2. The predicted octanol–water partition coefficient (Wildman–Crippen LogP) is 2.81. The van der Waals surface area contributed by atoms with Crippen LogP contribution in [0.25, 0.3) is 0 Å². The topological polar surface area (TPSA) is 68.2 Å². The molecule has 0 unspecified atom stereocenters. The molecule has 0 saturated heterocycles. The van der Waals surface area contributed by atoms with Crippen LogP contribution in [-0.4, -0.2) is 29.0 Å². The highest BCUT2D eigenvalue weighted by atomic mass is 16.5. The molecule has 2 aromatic carbocycles. The monoisotopic (exact) mass is 350 g/mol. The van der Waals surface area contributed by atoms with Crippen molar-refractivity contribution in [3.63, 3.8) is 0 Å². The molecular weight excluding hydrogens is 328 g/mol. The van der Waals surface area contributed by atoms with Crippen LogP contribution < -0.4 is 15.4 Å². The van der Waals surface area contributed by atoms with E-state index in [4.69, 9.17) is 4.74 Å². The first-order valence-corrected chi connectivity index (χ1v) is 8.55. The molecule has 6 nitrogen and oxygen atoms in total. The van der Waals surface area contributed by atoms with Gasteiger partial charge < -0.3 is 15.4 Å². The van der Waals surface area contributed by atoms with E-state index in [0.717, 1.165) is 16.9 Å². The van der Waals surface area contributed by atoms with Crippen LogP contribution in [0.5, 0.6) is 5.75 Å². The molecule has 1 heterocycles. The summed E-state index contributed by atoms with van der Waals surface area (Å²) in [7, 11) is 0. The van der Waals surface area contributed by atoms with Gasteiger partial charge in [-0.15, -0.1) is 0 Å². The number of para-hydroxylation sites is 1. The van der Waals surface area contributed by atoms with Gasteiger partial charge in [0.15, 0.2) is 0 Å². The Bertz CT molecular complexity index is 804. The van der Waals surface area contributed by atoms with Crippen molar-refractivity contribution in [1.82, 2.24) is 20.4 Å². The summed E-state index contributed by atoms with van der Waals surface area (Å²) in [5.74, 6) is 0.794. The molecule has 0 radical (unpaired) electrons. The van der Waals surface area contributed by atoms with Crippen LogP contribution in [0.15, 0.2) is 73.1 Å². The minimum atomic E-state index is -0.212. The van der Waals surface area contributed by atoms with Crippen LogP contribution in [-0.2, 0) is 13.1 Å². The van der Waals surface area contributed by atoms with E-state index < -0.39 is 0 Å². The van der Waals surface area contributed by atoms with Crippen LogP contribution in [0, 0.1) is 0 Å². The van der Waals surface area contributed by atoms with Crippen LogP contribution in [0.1, 0.15) is 11.1 Å². The molecule has 1 aromatic heterocycles. The second-order valence-electron chi connectivity index (χ2n) is 5.74. The zero-order chi connectivity index (χ0) is 18.0. The van der Waals surface area contributed by atoms with Gasteiger partial charge in [0.1, 0.15) is 12.4 Å². The van der Waals surface area contributed by atoms with E-state index in [1.54, 1.807) is 6.20 Å². The standard InChI is InChI=1S/C20H22N4O2/c25-20(21-12-14-26-19-9-2-1-3-10-19)22-15-17-7-4-5-8-18(17)16-24-13-6-11-23-24/h1-11,13H,12,14-16H2,(H2,21,22,25). The summed E-state index contributed by atoms with van der Waals surface area (Å²) >= 11 is 0. The quantitative estimate of drug-likeness (QED) is 0.614. The Morgan fingerprint density at radius 2 is 1.73 bits per heavy atom. The van der Waals surface area contributed by atoms with E-state index in [0.29, 0.717) is 26.2 Å². The highest BCUT2D eigenvalue weighted by Gasteiger charge is 2.05. The lowest BCUT2D eigenvalue weighted by Crippen LogP contribution is -2.37. The molecule has 0 spiro atoms. The maximum atomic E-state index is 12.0. The number of hydrogen-bond donors (Lipinski definition) is 2. The van der Waals surface area contributed by atoms with E-state index in [2.05, 4.69) is 15.7 Å². The Morgan fingerprint density at radius 1 is 0.962 bits per heavy atom. The maximum absolute atomic E-state index is 12.0. The highest BCUT2D eigenvalue weighted by Crippen LogP contribution is 2.10. The fourth-order valence-electron chi connectivity index (χ4n) is 2.54. The highest BCUT2D eigenvalue weighted by molar-refractivity contribution is 5.73. The summed E-state index contributed by atoms with van der Waals surface area (Å²) < 4.78 is 7.41. The van der Waals surface area contributed by atoms with E-state index in [9.17, 15) is 4.79 Å². The molecule has 0 atom stereocenters. The summed E-state index contributed by atoms with van der Waals surface area (Å²) in [6, 6.07) is 19.2. The molecule has 2 amide bonds. The lowest BCUT2D eigenvalue weighted by atomic mass is 10.1. The van der Waals surface area contributed by atoms with Gasteiger partial charge in [0.2, 0.25) is 0 Å². The van der Waals surface area contributed by atoms with Gasteiger partial charge in [-0.25, -0.2) is 4.79 Å². The number of rotatable bonds is 8. The van der Waals surface area contributed by atoms with Crippen molar-refractivity contribution in [2.75, 3.05) is 13.2 Å². The summed E-state index contributed by atoms with van der Waals surface area (Å²) in [6.45, 7) is 2.00. The lowest BCUT2D eigenvalue weighted by molar-refractivity contribution is 0.236. The average Bonchev–Trinajstić information content (AvgIpc) is 3.18. The fourth-order valence-corrected chi connectivity index (χ4v) is 2.54. The largest absolute Gasteiger partial charge is 0.492 e. The van der Waals surface area contributed by atoms with Gasteiger partial charge >= 0.3 is 6.03 Å². The zero-order valence-corrected chi connectivity index (χ0v) is 14.5. The summed E-state index contributed by atoms with van der Waals surface area (Å²) in [5, 5.41) is 9.90. The number of urea groups is 1. The Balaban J connectivity index is 1.41. The number of carbonyl (C=O) groups excluding carboxylic acids is 1. The molecule has 2 N–H and O–H groups in total. The lowest BCUT2D eigenvalue weighted by Gasteiger charge is -2.12. The number of ether oxygens (including phenoxy) is 1. The Hall–Kier alpha value is -3.28. The fraction of sp³-hybridized carbons (Fsp3) is 0.200. The van der Waals surface area contributed by atoms with Crippen molar-refractivity contribution in [2.24, 2.45) is 0 Å². The van der Waals surface area contributed by atoms with Gasteiger partial charge in [-0.05, 0) is 29.3 Å². The van der Waals surface area contributed by atoms with E-state index in [-0.39, 0.29) is 6.03 Å². The third-order valence-corrected chi connectivity index (χ3v) is 3.85. The Morgan fingerprint density at radius 3 is 2.50 bits per heavy atom. The van der Waals surface area contributed by atoms with Crippen molar-refractivity contribution in [1.29, 1.82) is 0 Å².